The fourth-order valence-electron chi connectivity index (χ4n) is 4.70. The SMILES string of the molecule is CC(=O)OC[C@]1(CN2CC[C@@H](F)C2)CC1(F)F.CC(=O)OC[C@]1(CN2CC[C@H](F)C2)CC1(F)F. The van der Waals surface area contributed by atoms with E-state index in [-0.39, 0.29) is 52.2 Å². The number of hydrogen-bond acceptors (Lipinski definition) is 6. The first-order chi connectivity index (χ1) is 15.7. The highest BCUT2D eigenvalue weighted by Gasteiger charge is 2.73. The highest BCUT2D eigenvalue weighted by Crippen LogP contribution is 2.62. The predicted octanol–water partition coefficient (Wildman–Crippen LogP) is 3.24. The van der Waals surface area contributed by atoms with E-state index in [1.54, 1.807) is 9.80 Å². The fourth-order valence-corrected chi connectivity index (χ4v) is 4.70. The molecule has 196 valence electrons. The third-order valence-electron chi connectivity index (χ3n) is 7.01. The first-order valence-electron chi connectivity index (χ1n) is 11.4. The molecule has 2 heterocycles. The quantitative estimate of drug-likeness (QED) is 0.375. The Balaban J connectivity index is 0.000000191. The van der Waals surface area contributed by atoms with Crippen LogP contribution >= 0.6 is 0 Å². The van der Waals surface area contributed by atoms with Crippen LogP contribution in [0.25, 0.3) is 0 Å². The van der Waals surface area contributed by atoms with E-state index in [2.05, 4.69) is 0 Å². The molecule has 2 aliphatic carbocycles. The molecule has 2 saturated heterocycles. The summed E-state index contributed by atoms with van der Waals surface area (Å²) in [6, 6.07) is 0. The summed E-state index contributed by atoms with van der Waals surface area (Å²) >= 11 is 0. The Kier molecular flexibility index (Phi) is 7.82. The molecule has 12 heteroatoms. The number of hydrogen-bond donors (Lipinski definition) is 0. The van der Waals surface area contributed by atoms with Gasteiger partial charge >= 0.3 is 11.9 Å². The Morgan fingerprint density at radius 3 is 1.29 bits per heavy atom. The van der Waals surface area contributed by atoms with E-state index in [1.165, 1.54) is 13.8 Å². The second kappa shape index (κ2) is 9.83. The van der Waals surface area contributed by atoms with E-state index >= 15 is 0 Å². The number of likely N-dealkylation sites (tertiary alicyclic amines) is 2. The highest BCUT2D eigenvalue weighted by molar-refractivity contribution is 5.66. The fraction of sp³-hybridized carbons (Fsp3) is 0.909. The van der Waals surface area contributed by atoms with E-state index in [1.807, 2.05) is 0 Å². The van der Waals surface area contributed by atoms with E-state index in [0.717, 1.165) is 0 Å². The van der Waals surface area contributed by atoms with E-state index in [0.29, 0.717) is 25.9 Å². The molecule has 0 spiro atoms. The van der Waals surface area contributed by atoms with Gasteiger partial charge in [0.15, 0.2) is 0 Å². The van der Waals surface area contributed by atoms with E-state index in [9.17, 15) is 35.9 Å². The van der Waals surface area contributed by atoms with E-state index < -0.39 is 47.0 Å². The van der Waals surface area contributed by atoms with Gasteiger partial charge in [-0.25, -0.2) is 26.3 Å². The summed E-state index contributed by atoms with van der Waals surface area (Å²) < 4.78 is 88.7. The minimum atomic E-state index is -2.79. The lowest BCUT2D eigenvalue weighted by Crippen LogP contribution is -2.35. The van der Waals surface area contributed by atoms with Crippen LogP contribution in [0, 0.1) is 10.8 Å². The molecule has 4 aliphatic rings. The second-order valence-electron chi connectivity index (χ2n) is 10.1. The Hall–Kier alpha value is -1.56. The molecule has 2 saturated carbocycles. The van der Waals surface area contributed by atoms with E-state index in [4.69, 9.17) is 9.47 Å². The number of carbonyl (C=O) groups is 2. The zero-order chi connectivity index (χ0) is 25.4. The van der Waals surface area contributed by atoms with Crippen LogP contribution < -0.4 is 0 Å². The zero-order valence-electron chi connectivity index (χ0n) is 19.4. The van der Waals surface area contributed by atoms with Crippen LogP contribution in [0.5, 0.6) is 0 Å². The standard InChI is InChI=1S/2C11H16F3NO2/c2*1-8(16)17-7-10(5-11(10,13)14)6-15-3-2-9(12)4-15/h2*9H,2-7H2,1H3/t9-,10+;9-,10-/m01/s1. The van der Waals surface area contributed by atoms with Gasteiger partial charge in [0.25, 0.3) is 11.8 Å². The molecule has 34 heavy (non-hydrogen) atoms. The summed E-state index contributed by atoms with van der Waals surface area (Å²) in [5.41, 5.74) is -2.58. The second-order valence-corrected chi connectivity index (χ2v) is 10.1. The van der Waals surface area contributed by atoms with Crippen LogP contribution in [0.2, 0.25) is 0 Å². The molecule has 0 unspecified atom stereocenters. The minimum absolute atomic E-state index is 0.105. The summed E-state index contributed by atoms with van der Waals surface area (Å²) in [5.74, 6) is -6.71. The number of halogens is 6. The van der Waals surface area contributed by atoms with Crippen molar-refractivity contribution in [3.05, 3.63) is 0 Å². The third-order valence-corrected chi connectivity index (χ3v) is 7.01. The molecule has 4 fully saturated rings. The summed E-state index contributed by atoms with van der Waals surface area (Å²) in [6.07, 6.45) is -1.60. The molecule has 4 atom stereocenters. The van der Waals surface area contributed by atoms with Crippen molar-refractivity contribution in [3.8, 4) is 0 Å². The lowest BCUT2D eigenvalue weighted by Gasteiger charge is -2.22. The molecule has 0 aromatic rings. The smallest absolute Gasteiger partial charge is 0.302 e. The van der Waals surface area contributed by atoms with Crippen molar-refractivity contribution in [1.82, 2.24) is 9.80 Å². The first-order valence-corrected chi connectivity index (χ1v) is 11.4. The summed E-state index contributed by atoms with van der Waals surface area (Å²) in [6.45, 7) is 3.46. The van der Waals surface area contributed by atoms with Gasteiger partial charge in [-0.1, -0.05) is 0 Å². The van der Waals surface area contributed by atoms with Crippen LogP contribution in [0.4, 0.5) is 26.3 Å². The van der Waals surface area contributed by atoms with Crippen molar-refractivity contribution in [2.24, 2.45) is 10.8 Å². The average molecular weight is 502 g/mol. The van der Waals surface area contributed by atoms with Crippen molar-refractivity contribution < 1.29 is 45.4 Å². The largest absolute Gasteiger partial charge is 0.465 e. The Morgan fingerprint density at radius 2 is 1.09 bits per heavy atom. The lowest BCUT2D eigenvalue weighted by atomic mass is 10.1. The molecule has 0 radical (unpaired) electrons. The van der Waals surface area contributed by atoms with Gasteiger partial charge in [-0.3, -0.25) is 19.4 Å². The number of nitrogens with zero attached hydrogens (tertiary/aromatic N) is 2. The van der Waals surface area contributed by atoms with Crippen molar-refractivity contribution in [2.45, 2.75) is 63.7 Å². The van der Waals surface area contributed by atoms with Crippen molar-refractivity contribution in [1.29, 1.82) is 0 Å². The normalized spacial score (nSPS) is 35.9. The van der Waals surface area contributed by atoms with Gasteiger partial charge in [0.05, 0.1) is 10.8 Å². The Labute approximate surface area is 194 Å². The van der Waals surface area contributed by atoms with Crippen molar-refractivity contribution in [3.63, 3.8) is 0 Å². The molecule has 0 bridgehead atoms. The Morgan fingerprint density at radius 1 is 0.765 bits per heavy atom. The van der Waals surface area contributed by atoms with Gasteiger partial charge in [0.1, 0.15) is 25.6 Å². The molecule has 0 N–H and O–H groups in total. The monoisotopic (exact) mass is 502 g/mol. The van der Waals surface area contributed by atoms with Crippen LogP contribution in [0.3, 0.4) is 0 Å². The number of carbonyl (C=O) groups excluding carboxylic acids is 2. The maximum atomic E-state index is 13.3. The predicted molar refractivity (Wildman–Crippen MR) is 109 cm³/mol. The van der Waals surface area contributed by atoms with Crippen LogP contribution in [0.15, 0.2) is 0 Å². The van der Waals surface area contributed by atoms with Gasteiger partial charge < -0.3 is 9.47 Å². The maximum Gasteiger partial charge on any atom is 0.302 e. The number of alkyl halides is 6. The van der Waals surface area contributed by atoms with Gasteiger partial charge in [0, 0.05) is 66.0 Å². The summed E-state index contributed by atoms with van der Waals surface area (Å²) in [4.78, 5) is 24.7. The molecule has 2 aliphatic heterocycles. The number of esters is 2. The topological polar surface area (TPSA) is 59.1 Å². The number of ether oxygens (including phenoxy) is 2. The van der Waals surface area contributed by atoms with Gasteiger partial charge in [-0.2, -0.15) is 0 Å². The Bertz CT molecular complexity index is 710. The van der Waals surface area contributed by atoms with Crippen LogP contribution in [-0.4, -0.2) is 98.4 Å². The average Bonchev–Trinajstić information content (AvgIpc) is 3.16. The van der Waals surface area contributed by atoms with Gasteiger partial charge in [-0.05, 0) is 12.8 Å². The highest BCUT2D eigenvalue weighted by atomic mass is 19.3. The minimum Gasteiger partial charge on any atom is -0.465 e. The molecule has 0 amide bonds. The summed E-state index contributed by atoms with van der Waals surface area (Å²) in [7, 11) is 0. The maximum absolute atomic E-state index is 13.3. The van der Waals surface area contributed by atoms with Crippen molar-refractivity contribution in [2.75, 3.05) is 52.5 Å². The molecular formula is C22H32F6N2O4. The van der Waals surface area contributed by atoms with Crippen LogP contribution in [0.1, 0.15) is 39.5 Å². The molecule has 6 nitrogen and oxygen atoms in total. The molecule has 0 aromatic heterocycles. The zero-order valence-corrected chi connectivity index (χ0v) is 19.4. The van der Waals surface area contributed by atoms with Gasteiger partial charge in [0.2, 0.25) is 0 Å². The molecular weight excluding hydrogens is 470 g/mol. The number of rotatable bonds is 8. The van der Waals surface area contributed by atoms with Crippen molar-refractivity contribution >= 4 is 11.9 Å². The molecule has 4 rings (SSSR count). The molecule has 0 aromatic carbocycles. The van der Waals surface area contributed by atoms with Gasteiger partial charge in [-0.15, -0.1) is 0 Å². The van der Waals surface area contributed by atoms with Crippen LogP contribution in [-0.2, 0) is 19.1 Å². The summed E-state index contributed by atoms with van der Waals surface area (Å²) in [5, 5.41) is 0. The first kappa shape index (κ1) is 27.0. The third kappa shape index (κ3) is 6.35. The lowest BCUT2D eigenvalue weighted by molar-refractivity contribution is -0.145.